The van der Waals surface area contributed by atoms with Crippen molar-refractivity contribution in [2.24, 2.45) is 0 Å². The zero-order valence-electron chi connectivity index (χ0n) is 7.39. The minimum Gasteiger partial charge on any atom is -0.338 e. The second-order valence-corrected chi connectivity index (χ2v) is 3.37. The molecule has 0 N–H and O–H groups in total. The summed E-state index contributed by atoms with van der Waals surface area (Å²) in [5.41, 5.74) is 1.10. The van der Waals surface area contributed by atoms with Gasteiger partial charge in [-0.15, -0.1) is 0 Å². The zero-order chi connectivity index (χ0) is 9.10. The van der Waals surface area contributed by atoms with Crippen molar-refractivity contribution in [3.63, 3.8) is 0 Å². The highest BCUT2D eigenvalue weighted by Gasteiger charge is 2.27. The molecule has 0 aliphatic heterocycles. The van der Waals surface area contributed by atoms with Crippen LogP contribution in [-0.2, 0) is 11.3 Å². The van der Waals surface area contributed by atoms with Gasteiger partial charge in [-0.2, -0.15) is 0 Å². The van der Waals surface area contributed by atoms with E-state index >= 15 is 0 Å². The first-order valence-electron chi connectivity index (χ1n) is 4.50. The highest BCUT2D eigenvalue weighted by molar-refractivity contribution is 5.48. The molecule has 3 heteroatoms. The van der Waals surface area contributed by atoms with Crippen LogP contribution in [0.25, 0.3) is 0 Å². The molecular weight excluding hydrogens is 164 g/mol. The van der Waals surface area contributed by atoms with Crippen LogP contribution in [0.15, 0.2) is 24.5 Å². The first-order valence-corrected chi connectivity index (χ1v) is 4.50. The Bertz CT molecular complexity index is 282. The van der Waals surface area contributed by atoms with E-state index in [1.54, 1.807) is 12.4 Å². The van der Waals surface area contributed by atoms with Crippen molar-refractivity contribution < 1.29 is 4.79 Å². The maximum Gasteiger partial charge on any atom is 0.210 e. The Kier molecular flexibility index (Phi) is 2.25. The monoisotopic (exact) mass is 176 g/mol. The summed E-state index contributed by atoms with van der Waals surface area (Å²) in [6.45, 7) is 0.696. The number of hydrogen-bond donors (Lipinski definition) is 0. The van der Waals surface area contributed by atoms with Crippen LogP contribution in [-0.4, -0.2) is 22.3 Å². The predicted octanol–water partition coefficient (Wildman–Crippen LogP) is 1.20. The molecule has 13 heavy (non-hydrogen) atoms. The molecule has 0 bridgehead atoms. The summed E-state index contributed by atoms with van der Waals surface area (Å²) in [7, 11) is 0. The maximum atomic E-state index is 10.7. The Labute approximate surface area is 77.4 Å². The molecule has 1 aliphatic rings. The minimum absolute atomic E-state index is 0.484. The minimum atomic E-state index is 0.484. The molecule has 2 rings (SSSR count). The Morgan fingerprint density at radius 3 is 3.00 bits per heavy atom. The number of nitrogens with zero attached hydrogens (tertiary/aromatic N) is 2. The number of carbonyl (C=O) groups is 1. The van der Waals surface area contributed by atoms with Gasteiger partial charge in [-0.05, 0) is 24.5 Å². The first kappa shape index (κ1) is 8.23. The molecule has 0 spiro atoms. The molecule has 1 saturated carbocycles. The van der Waals surface area contributed by atoms with Crippen molar-refractivity contribution in [3.05, 3.63) is 30.1 Å². The van der Waals surface area contributed by atoms with Gasteiger partial charge in [-0.3, -0.25) is 9.78 Å². The van der Waals surface area contributed by atoms with Gasteiger partial charge in [-0.1, -0.05) is 6.07 Å². The van der Waals surface area contributed by atoms with Gasteiger partial charge >= 0.3 is 0 Å². The maximum absolute atomic E-state index is 10.7. The zero-order valence-corrected chi connectivity index (χ0v) is 7.39. The van der Waals surface area contributed by atoms with E-state index in [-0.39, 0.29) is 0 Å². The molecule has 1 heterocycles. The summed E-state index contributed by atoms with van der Waals surface area (Å²) in [6, 6.07) is 4.37. The number of pyridine rings is 1. The van der Waals surface area contributed by atoms with Gasteiger partial charge in [0.25, 0.3) is 0 Å². The molecule has 1 aliphatic carbocycles. The third-order valence-electron chi connectivity index (χ3n) is 2.24. The van der Waals surface area contributed by atoms with Crippen molar-refractivity contribution in [3.8, 4) is 0 Å². The fourth-order valence-corrected chi connectivity index (χ4v) is 1.36. The fourth-order valence-electron chi connectivity index (χ4n) is 1.36. The lowest BCUT2D eigenvalue weighted by Crippen LogP contribution is -2.23. The number of carbonyl (C=O) groups excluding carboxylic acids is 1. The van der Waals surface area contributed by atoms with Crippen molar-refractivity contribution in [2.75, 3.05) is 0 Å². The number of hydrogen-bond acceptors (Lipinski definition) is 2. The predicted molar refractivity (Wildman–Crippen MR) is 48.9 cm³/mol. The lowest BCUT2D eigenvalue weighted by molar-refractivity contribution is -0.119. The number of aromatic nitrogens is 1. The smallest absolute Gasteiger partial charge is 0.210 e. The molecule has 0 aromatic carbocycles. The molecule has 1 amide bonds. The average Bonchev–Trinajstić information content (AvgIpc) is 2.99. The van der Waals surface area contributed by atoms with E-state index < -0.39 is 0 Å². The summed E-state index contributed by atoms with van der Waals surface area (Å²) in [6.07, 6.45) is 6.79. The summed E-state index contributed by atoms with van der Waals surface area (Å²) in [5.74, 6) is 0. The van der Waals surface area contributed by atoms with Gasteiger partial charge in [0.05, 0.1) is 0 Å². The molecule has 68 valence electrons. The Hall–Kier alpha value is -1.38. The summed E-state index contributed by atoms with van der Waals surface area (Å²) >= 11 is 0. The highest BCUT2D eigenvalue weighted by Crippen LogP contribution is 2.26. The van der Waals surface area contributed by atoms with Crippen molar-refractivity contribution in [1.82, 2.24) is 9.88 Å². The van der Waals surface area contributed by atoms with E-state index in [4.69, 9.17) is 0 Å². The van der Waals surface area contributed by atoms with Crippen LogP contribution >= 0.6 is 0 Å². The molecule has 1 fully saturated rings. The second-order valence-electron chi connectivity index (χ2n) is 3.37. The molecule has 0 saturated heterocycles. The van der Waals surface area contributed by atoms with Crippen LogP contribution in [0.5, 0.6) is 0 Å². The Morgan fingerprint density at radius 2 is 2.46 bits per heavy atom. The quantitative estimate of drug-likeness (QED) is 0.646. The van der Waals surface area contributed by atoms with Crippen molar-refractivity contribution in [2.45, 2.75) is 25.4 Å². The van der Waals surface area contributed by atoms with Gasteiger partial charge in [-0.25, -0.2) is 0 Å². The standard InChI is InChI=1S/C10H12N2O/c13-8-12(10-3-4-10)7-9-2-1-5-11-6-9/h1-2,5-6,8,10H,3-4,7H2. The van der Waals surface area contributed by atoms with Gasteiger partial charge in [0.2, 0.25) is 6.41 Å². The van der Waals surface area contributed by atoms with Crippen LogP contribution in [0, 0.1) is 0 Å². The fraction of sp³-hybridized carbons (Fsp3) is 0.400. The Morgan fingerprint density at radius 1 is 1.62 bits per heavy atom. The van der Waals surface area contributed by atoms with Crippen LogP contribution in [0.2, 0.25) is 0 Å². The van der Waals surface area contributed by atoms with Gasteiger partial charge in [0.1, 0.15) is 0 Å². The highest BCUT2D eigenvalue weighted by atomic mass is 16.1. The van der Waals surface area contributed by atoms with E-state index in [2.05, 4.69) is 4.98 Å². The molecule has 0 atom stereocenters. The average molecular weight is 176 g/mol. The molecular formula is C10H12N2O. The molecule has 1 aromatic rings. The topological polar surface area (TPSA) is 33.2 Å². The largest absolute Gasteiger partial charge is 0.338 e. The summed E-state index contributed by atoms with van der Waals surface area (Å²) in [5, 5.41) is 0. The van der Waals surface area contributed by atoms with E-state index in [0.717, 1.165) is 24.8 Å². The third kappa shape index (κ3) is 2.05. The molecule has 3 nitrogen and oxygen atoms in total. The van der Waals surface area contributed by atoms with Crippen LogP contribution in [0.3, 0.4) is 0 Å². The normalized spacial score (nSPS) is 15.4. The molecule has 1 aromatic heterocycles. The van der Waals surface area contributed by atoms with Crippen LogP contribution < -0.4 is 0 Å². The van der Waals surface area contributed by atoms with E-state index in [1.165, 1.54) is 0 Å². The van der Waals surface area contributed by atoms with Gasteiger partial charge < -0.3 is 4.90 Å². The van der Waals surface area contributed by atoms with Crippen LogP contribution in [0.1, 0.15) is 18.4 Å². The lowest BCUT2D eigenvalue weighted by Gasteiger charge is -2.15. The summed E-state index contributed by atoms with van der Waals surface area (Å²) < 4.78 is 0. The van der Waals surface area contributed by atoms with E-state index in [1.807, 2.05) is 17.0 Å². The molecule has 0 radical (unpaired) electrons. The Balaban J connectivity index is 1.99. The lowest BCUT2D eigenvalue weighted by atomic mass is 10.3. The third-order valence-corrected chi connectivity index (χ3v) is 2.24. The second kappa shape index (κ2) is 3.56. The number of amides is 1. The van der Waals surface area contributed by atoms with Gasteiger partial charge in [0.15, 0.2) is 0 Å². The number of rotatable bonds is 4. The van der Waals surface area contributed by atoms with Crippen molar-refractivity contribution >= 4 is 6.41 Å². The van der Waals surface area contributed by atoms with Crippen LogP contribution in [0.4, 0.5) is 0 Å². The van der Waals surface area contributed by atoms with Crippen molar-refractivity contribution in [1.29, 1.82) is 0 Å². The summed E-state index contributed by atoms with van der Waals surface area (Å²) in [4.78, 5) is 16.5. The first-order chi connectivity index (χ1) is 6.40. The van der Waals surface area contributed by atoms with Gasteiger partial charge in [0, 0.05) is 25.0 Å². The SMILES string of the molecule is O=CN(Cc1cccnc1)C1CC1. The molecule has 0 unspecified atom stereocenters. The van der Waals surface area contributed by atoms with E-state index in [9.17, 15) is 4.79 Å². The van der Waals surface area contributed by atoms with E-state index in [0.29, 0.717) is 12.6 Å².